The molecule has 1 fully saturated rings. The van der Waals surface area contributed by atoms with Crippen molar-refractivity contribution >= 4 is 0 Å². The van der Waals surface area contributed by atoms with Gasteiger partial charge in [0.05, 0.1) is 0 Å². The highest BCUT2D eigenvalue weighted by atomic mass is 19.1. The first-order valence-electron chi connectivity index (χ1n) is 6.69. The zero-order valence-corrected chi connectivity index (χ0v) is 11.4. The lowest BCUT2D eigenvalue weighted by Crippen LogP contribution is -2.46. The molecule has 0 aromatic heterocycles. The Morgan fingerprint density at radius 1 is 1.39 bits per heavy atom. The Kier molecular flexibility index (Phi) is 3.91. The standard InChI is InChI=1S/C15H22FNO/c1-4-17-14-13(9-10-15(14,2)3)18-12-8-6-5-7-11(12)16/h5-8,13-14,17H,4,9-10H2,1-3H3. The quantitative estimate of drug-likeness (QED) is 0.886. The lowest BCUT2D eigenvalue weighted by Gasteiger charge is -2.31. The van der Waals surface area contributed by atoms with E-state index in [2.05, 4.69) is 26.1 Å². The van der Waals surface area contributed by atoms with Crippen molar-refractivity contribution in [1.29, 1.82) is 0 Å². The van der Waals surface area contributed by atoms with Crippen molar-refractivity contribution < 1.29 is 9.13 Å². The molecule has 100 valence electrons. The van der Waals surface area contributed by atoms with Gasteiger partial charge in [0.2, 0.25) is 0 Å². The number of hydrogen-bond acceptors (Lipinski definition) is 2. The van der Waals surface area contributed by atoms with Crippen molar-refractivity contribution in [3.63, 3.8) is 0 Å². The minimum absolute atomic E-state index is 0.0526. The Bertz CT molecular complexity index is 405. The second-order valence-corrected chi connectivity index (χ2v) is 5.65. The zero-order valence-electron chi connectivity index (χ0n) is 11.4. The van der Waals surface area contributed by atoms with Crippen LogP contribution in [0.4, 0.5) is 4.39 Å². The van der Waals surface area contributed by atoms with Gasteiger partial charge in [-0.05, 0) is 36.9 Å². The Morgan fingerprint density at radius 3 is 2.78 bits per heavy atom. The van der Waals surface area contributed by atoms with Gasteiger partial charge < -0.3 is 10.1 Å². The summed E-state index contributed by atoms with van der Waals surface area (Å²) in [4.78, 5) is 0. The second-order valence-electron chi connectivity index (χ2n) is 5.65. The number of halogens is 1. The third kappa shape index (κ3) is 2.66. The monoisotopic (exact) mass is 251 g/mol. The van der Waals surface area contributed by atoms with Crippen LogP contribution in [0.2, 0.25) is 0 Å². The van der Waals surface area contributed by atoms with Gasteiger partial charge in [-0.25, -0.2) is 4.39 Å². The van der Waals surface area contributed by atoms with Crippen LogP contribution in [0.1, 0.15) is 33.6 Å². The average Bonchev–Trinajstić information content (AvgIpc) is 2.60. The smallest absolute Gasteiger partial charge is 0.165 e. The SMILES string of the molecule is CCNC1C(Oc2ccccc2F)CCC1(C)C. The molecular weight excluding hydrogens is 229 g/mol. The molecule has 2 unspecified atom stereocenters. The first kappa shape index (κ1) is 13.3. The van der Waals surface area contributed by atoms with Gasteiger partial charge in [-0.15, -0.1) is 0 Å². The number of para-hydroxylation sites is 1. The molecule has 2 rings (SSSR count). The van der Waals surface area contributed by atoms with Crippen LogP contribution < -0.4 is 10.1 Å². The number of hydrogen-bond donors (Lipinski definition) is 1. The highest BCUT2D eigenvalue weighted by molar-refractivity contribution is 5.24. The Labute approximate surface area is 109 Å². The van der Waals surface area contributed by atoms with E-state index in [-0.39, 0.29) is 23.4 Å². The molecule has 2 nitrogen and oxygen atoms in total. The predicted octanol–water partition coefficient (Wildman–Crippen LogP) is 3.37. The number of nitrogens with one attached hydrogen (secondary N) is 1. The van der Waals surface area contributed by atoms with E-state index in [4.69, 9.17) is 4.74 Å². The molecule has 0 spiro atoms. The first-order valence-corrected chi connectivity index (χ1v) is 6.69. The van der Waals surface area contributed by atoms with Crippen LogP contribution in [0.15, 0.2) is 24.3 Å². The summed E-state index contributed by atoms with van der Waals surface area (Å²) < 4.78 is 19.5. The molecule has 0 bridgehead atoms. The summed E-state index contributed by atoms with van der Waals surface area (Å²) in [5.41, 5.74) is 0.200. The van der Waals surface area contributed by atoms with E-state index < -0.39 is 0 Å². The molecule has 1 aliphatic rings. The summed E-state index contributed by atoms with van der Waals surface area (Å²) in [6, 6.07) is 6.91. The summed E-state index contributed by atoms with van der Waals surface area (Å²) in [7, 11) is 0. The van der Waals surface area contributed by atoms with Crippen molar-refractivity contribution in [1.82, 2.24) is 5.32 Å². The summed E-state index contributed by atoms with van der Waals surface area (Å²) in [6.07, 6.45) is 2.12. The summed E-state index contributed by atoms with van der Waals surface area (Å²) >= 11 is 0. The van der Waals surface area contributed by atoms with Crippen LogP contribution in [-0.2, 0) is 0 Å². The van der Waals surface area contributed by atoms with Crippen LogP contribution in [-0.4, -0.2) is 18.7 Å². The van der Waals surface area contributed by atoms with Gasteiger partial charge in [0, 0.05) is 6.04 Å². The van der Waals surface area contributed by atoms with E-state index in [0.717, 1.165) is 19.4 Å². The topological polar surface area (TPSA) is 21.3 Å². The highest BCUT2D eigenvalue weighted by Crippen LogP contribution is 2.39. The third-order valence-electron chi connectivity index (χ3n) is 3.83. The lowest BCUT2D eigenvalue weighted by molar-refractivity contribution is 0.136. The van der Waals surface area contributed by atoms with Gasteiger partial charge in [0.1, 0.15) is 6.10 Å². The summed E-state index contributed by atoms with van der Waals surface area (Å²) in [6.45, 7) is 7.48. The van der Waals surface area contributed by atoms with Crippen molar-refractivity contribution in [2.45, 2.75) is 45.8 Å². The molecule has 0 saturated heterocycles. The van der Waals surface area contributed by atoms with Gasteiger partial charge >= 0.3 is 0 Å². The van der Waals surface area contributed by atoms with Gasteiger partial charge in [-0.2, -0.15) is 0 Å². The van der Waals surface area contributed by atoms with Gasteiger partial charge in [0.25, 0.3) is 0 Å². The van der Waals surface area contributed by atoms with E-state index in [0.29, 0.717) is 5.75 Å². The van der Waals surface area contributed by atoms with E-state index in [9.17, 15) is 4.39 Å². The summed E-state index contributed by atoms with van der Waals surface area (Å²) in [5, 5.41) is 3.48. The van der Waals surface area contributed by atoms with Crippen LogP contribution in [0.3, 0.4) is 0 Å². The van der Waals surface area contributed by atoms with Crippen LogP contribution in [0, 0.1) is 11.2 Å². The number of likely N-dealkylation sites (N-methyl/N-ethyl adjacent to an activating group) is 1. The molecule has 0 aliphatic heterocycles. The molecule has 0 radical (unpaired) electrons. The van der Waals surface area contributed by atoms with Crippen LogP contribution in [0.5, 0.6) is 5.75 Å². The van der Waals surface area contributed by atoms with Gasteiger partial charge in [-0.1, -0.05) is 32.9 Å². The van der Waals surface area contributed by atoms with Crippen molar-refractivity contribution in [2.75, 3.05) is 6.54 Å². The summed E-state index contributed by atoms with van der Waals surface area (Å²) in [5.74, 6) is 0.0838. The molecule has 0 heterocycles. The Morgan fingerprint density at radius 2 is 2.11 bits per heavy atom. The maximum atomic E-state index is 13.6. The van der Waals surface area contributed by atoms with Gasteiger partial charge in [-0.3, -0.25) is 0 Å². The molecule has 1 aromatic carbocycles. The molecule has 1 aliphatic carbocycles. The fraction of sp³-hybridized carbons (Fsp3) is 0.600. The lowest BCUT2D eigenvalue weighted by atomic mass is 9.87. The number of ether oxygens (including phenoxy) is 1. The predicted molar refractivity (Wildman–Crippen MR) is 71.3 cm³/mol. The normalized spacial score (nSPS) is 26.2. The zero-order chi connectivity index (χ0) is 13.2. The van der Waals surface area contributed by atoms with E-state index in [1.54, 1.807) is 18.2 Å². The molecule has 1 saturated carbocycles. The molecule has 0 amide bonds. The Hall–Kier alpha value is -1.09. The molecule has 1 N–H and O–H groups in total. The average molecular weight is 251 g/mol. The van der Waals surface area contributed by atoms with E-state index in [1.807, 2.05) is 0 Å². The largest absolute Gasteiger partial charge is 0.486 e. The van der Waals surface area contributed by atoms with Crippen molar-refractivity contribution in [3.05, 3.63) is 30.1 Å². The molecule has 1 aromatic rings. The second kappa shape index (κ2) is 5.27. The Balaban J connectivity index is 2.12. The fourth-order valence-electron chi connectivity index (χ4n) is 2.80. The van der Waals surface area contributed by atoms with E-state index >= 15 is 0 Å². The molecule has 18 heavy (non-hydrogen) atoms. The highest BCUT2D eigenvalue weighted by Gasteiger charge is 2.42. The minimum Gasteiger partial charge on any atom is -0.486 e. The fourth-order valence-corrected chi connectivity index (χ4v) is 2.80. The number of benzene rings is 1. The molecule has 2 atom stereocenters. The van der Waals surface area contributed by atoms with Gasteiger partial charge in [0.15, 0.2) is 11.6 Å². The van der Waals surface area contributed by atoms with Crippen molar-refractivity contribution in [2.24, 2.45) is 5.41 Å². The number of rotatable bonds is 4. The van der Waals surface area contributed by atoms with E-state index in [1.165, 1.54) is 6.07 Å². The first-order chi connectivity index (χ1) is 8.54. The van der Waals surface area contributed by atoms with Crippen molar-refractivity contribution in [3.8, 4) is 5.75 Å². The van der Waals surface area contributed by atoms with Crippen LogP contribution >= 0.6 is 0 Å². The minimum atomic E-state index is -0.280. The third-order valence-corrected chi connectivity index (χ3v) is 3.83. The van der Waals surface area contributed by atoms with Crippen LogP contribution in [0.25, 0.3) is 0 Å². The maximum absolute atomic E-state index is 13.6. The maximum Gasteiger partial charge on any atom is 0.165 e. The molecule has 3 heteroatoms. The molecular formula is C15H22FNO.